The lowest BCUT2D eigenvalue weighted by molar-refractivity contribution is 0.377. The van der Waals surface area contributed by atoms with Crippen LogP contribution in [0.3, 0.4) is 0 Å². The summed E-state index contributed by atoms with van der Waals surface area (Å²) in [6, 6.07) is 8.74. The number of nitrogens with zero attached hydrogens (tertiary/aromatic N) is 1. The van der Waals surface area contributed by atoms with Gasteiger partial charge in [-0.3, -0.25) is 0 Å². The molecule has 2 aromatic rings. The molecule has 1 aromatic heterocycles. The minimum absolute atomic E-state index is 0.958. The Labute approximate surface area is 127 Å². The molecule has 2 saturated carbocycles. The van der Waals surface area contributed by atoms with Crippen molar-refractivity contribution in [2.24, 2.45) is 24.8 Å². The Balaban J connectivity index is 1.47. The number of rotatable bonds is 6. The Kier molecular flexibility index (Phi) is 3.30. The number of para-hydroxylation sites is 1. The summed E-state index contributed by atoms with van der Waals surface area (Å²) < 4.78 is 2.36. The SMILES string of the molecule is Cc1c(CNCC(C2CC2)C2CC2)n(C)c2ccccc12. The van der Waals surface area contributed by atoms with Gasteiger partial charge in [-0.15, -0.1) is 0 Å². The predicted octanol–water partition coefficient (Wildman–Crippen LogP) is 4.01. The summed E-state index contributed by atoms with van der Waals surface area (Å²) in [5.41, 5.74) is 4.24. The maximum absolute atomic E-state index is 3.77. The summed E-state index contributed by atoms with van der Waals surface area (Å²) in [4.78, 5) is 0. The molecule has 21 heavy (non-hydrogen) atoms. The third-order valence-corrected chi connectivity index (χ3v) is 5.63. The molecule has 2 aliphatic rings. The maximum atomic E-state index is 3.77. The highest BCUT2D eigenvalue weighted by molar-refractivity contribution is 5.85. The average Bonchev–Trinajstić information content (AvgIpc) is 3.38. The monoisotopic (exact) mass is 282 g/mol. The van der Waals surface area contributed by atoms with E-state index in [1.165, 1.54) is 54.4 Å². The first-order valence-electron chi connectivity index (χ1n) is 8.49. The third-order valence-electron chi connectivity index (χ3n) is 5.63. The second kappa shape index (κ2) is 5.17. The lowest BCUT2D eigenvalue weighted by Gasteiger charge is -2.17. The van der Waals surface area contributed by atoms with E-state index >= 15 is 0 Å². The molecular weight excluding hydrogens is 256 g/mol. The topological polar surface area (TPSA) is 17.0 Å². The van der Waals surface area contributed by atoms with Gasteiger partial charge in [0.05, 0.1) is 0 Å². The summed E-state index contributed by atoms with van der Waals surface area (Å²) in [5.74, 6) is 3.04. The van der Waals surface area contributed by atoms with E-state index in [9.17, 15) is 0 Å². The molecule has 2 nitrogen and oxygen atoms in total. The molecule has 4 rings (SSSR count). The van der Waals surface area contributed by atoms with Gasteiger partial charge in [-0.2, -0.15) is 0 Å². The number of fused-ring (bicyclic) bond motifs is 1. The van der Waals surface area contributed by atoms with Gasteiger partial charge in [0, 0.05) is 30.2 Å². The zero-order valence-corrected chi connectivity index (χ0v) is 13.2. The van der Waals surface area contributed by atoms with Crippen molar-refractivity contribution >= 4 is 10.9 Å². The number of aryl methyl sites for hydroxylation is 2. The Morgan fingerprint density at radius 1 is 1.14 bits per heavy atom. The van der Waals surface area contributed by atoms with Crippen LogP contribution in [0.1, 0.15) is 36.9 Å². The summed E-state index contributed by atoms with van der Waals surface area (Å²) in [6.07, 6.45) is 5.93. The van der Waals surface area contributed by atoms with Gasteiger partial charge in [0.25, 0.3) is 0 Å². The molecule has 1 N–H and O–H groups in total. The first-order valence-corrected chi connectivity index (χ1v) is 8.49. The van der Waals surface area contributed by atoms with Crippen molar-refractivity contribution in [2.75, 3.05) is 6.54 Å². The lowest BCUT2D eigenvalue weighted by atomic mass is 9.98. The van der Waals surface area contributed by atoms with Crippen LogP contribution in [0.2, 0.25) is 0 Å². The summed E-state index contributed by atoms with van der Waals surface area (Å²) in [5, 5.41) is 5.17. The fourth-order valence-electron chi connectivity index (χ4n) is 4.01. The van der Waals surface area contributed by atoms with Gasteiger partial charge in [-0.1, -0.05) is 18.2 Å². The van der Waals surface area contributed by atoms with E-state index in [2.05, 4.69) is 48.1 Å². The van der Waals surface area contributed by atoms with Crippen LogP contribution in [0.25, 0.3) is 10.9 Å². The van der Waals surface area contributed by atoms with Crippen molar-refractivity contribution in [3.63, 3.8) is 0 Å². The Morgan fingerprint density at radius 3 is 2.43 bits per heavy atom. The smallest absolute Gasteiger partial charge is 0.0483 e. The molecule has 2 heteroatoms. The maximum Gasteiger partial charge on any atom is 0.0483 e. The highest BCUT2D eigenvalue weighted by Crippen LogP contribution is 2.48. The molecule has 1 heterocycles. The van der Waals surface area contributed by atoms with Gasteiger partial charge in [0.2, 0.25) is 0 Å². The van der Waals surface area contributed by atoms with Crippen LogP contribution in [0.15, 0.2) is 24.3 Å². The zero-order valence-electron chi connectivity index (χ0n) is 13.2. The number of aromatic nitrogens is 1. The van der Waals surface area contributed by atoms with Crippen LogP contribution in [-0.4, -0.2) is 11.1 Å². The standard InChI is InChI=1S/C19H26N2/c1-13-16-5-3-4-6-18(16)21(2)19(13)12-20-11-17(14-7-8-14)15-9-10-15/h3-6,14-15,17,20H,7-12H2,1-2H3. The number of hydrogen-bond donors (Lipinski definition) is 1. The van der Waals surface area contributed by atoms with Gasteiger partial charge in [-0.25, -0.2) is 0 Å². The van der Waals surface area contributed by atoms with E-state index in [1.807, 2.05) is 0 Å². The van der Waals surface area contributed by atoms with E-state index in [0.717, 1.165) is 24.3 Å². The second-order valence-corrected chi connectivity index (χ2v) is 7.12. The predicted molar refractivity (Wildman–Crippen MR) is 88.3 cm³/mol. The molecule has 0 amide bonds. The van der Waals surface area contributed by atoms with Gasteiger partial charge in [-0.05, 0) is 68.5 Å². The molecule has 1 aromatic carbocycles. The summed E-state index contributed by atoms with van der Waals surface area (Å²) in [7, 11) is 2.20. The van der Waals surface area contributed by atoms with Crippen molar-refractivity contribution in [1.29, 1.82) is 0 Å². The lowest BCUT2D eigenvalue weighted by Crippen LogP contribution is -2.26. The molecule has 0 saturated heterocycles. The largest absolute Gasteiger partial charge is 0.346 e. The van der Waals surface area contributed by atoms with Gasteiger partial charge < -0.3 is 9.88 Å². The number of benzene rings is 1. The van der Waals surface area contributed by atoms with Crippen LogP contribution >= 0.6 is 0 Å². The summed E-state index contributed by atoms with van der Waals surface area (Å²) >= 11 is 0. The van der Waals surface area contributed by atoms with Crippen molar-refractivity contribution in [3.05, 3.63) is 35.5 Å². The first kappa shape index (κ1) is 13.4. The fraction of sp³-hybridized carbons (Fsp3) is 0.579. The number of nitrogens with one attached hydrogen (secondary N) is 1. The van der Waals surface area contributed by atoms with E-state index in [0.29, 0.717) is 0 Å². The molecule has 0 radical (unpaired) electrons. The van der Waals surface area contributed by atoms with Crippen LogP contribution in [-0.2, 0) is 13.6 Å². The van der Waals surface area contributed by atoms with E-state index in [-0.39, 0.29) is 0 Å². The van der Waals surface area contributed by atoms with E-state index in [4.69, 9.17) is 0 Å². The molecule has 2 aliphatic carbocycles. The second-order valence-electron chi connectivity index (χ2n) is 7.12. The Hall–Kier alpha value is -1.28. The van der Waals surface area contributed by atoms with Gasteiger partial charge in [0.15, 0.2) is 0 Å². The third kappa shape index (κ3) is 2.50. The van der Waals surface area contributed by atoms with Crippen LogP contribution in [0, 0.1) is 24.7 Å². The normalized spacial score (nSPS) is 18.8. The average molecular weight is 282 g/mol. The highest BCUT2D eigenvalue weighted by Gasteiger charge is 2.40. The van der Waals surface area contributed by atoms with Crippen molar-refractivity contribution in [1.82, 2.24) is 9.88 Å². The van der Waals surface area contributed by atoms with Crippen molar-refractivity contribution in [3.8, 4) is 0 Å². The fourth-order valence-corrected chi connectivity index (χ4v) is 4.01. The molecule has 112 valence electrons. The molecule has 2 fully saturated rings. The van der Waals surface area contributed by atoms with Crippen LogP contribution < -0.4 is 5.32 Å². The van der Waals surface area contributed by atoms with Crippen LogP contribution in [0.5, 0.6) is 0 Å². The van der Waals surface area contributed by atoms with Crippen LogP contribution in [0.4, 0.5) is 0 Å². The minimum Gasteiger partial charge on any atom is -0.346 e. The first-order chi connectivity index (χ1) is 10.3. The quantitative estimate of drug-likeness (QED) is 0.847. The van der Waals surface area contributed by atoms with Crippen molar-refractivity contribution in [2.45, 2.75) is 39.2 Å². The Bertz CT molecular complexity index is 596. The minimum atomic E-state index is 0.958. The Morgan fingerprint density at radius 2 is 1.81 bits per heavy atom. The molecule has 0 spiro atoms. The molecule has 0 aliphatic heterocycles. The molecular formula is C19H26N2. The molecule has 0 atom stereocenters. The van der Waals surface area contributed by atoms with Gasteiger partial charge in [0.1, 0.15) is 0 Å². The zero-order chi connectivity index (χ0) is 14.4. The number of hydrogen-bond acceptors (Lipinski definition) is 1. The van der Waals surface area contributed by atoms with E-state index < -0.39 is 0 Å². The highest BCUT2D eigenvalue weighted by atomic mass is 15.0. The van der Waals surface area contributed by atoms with Gasteiger partial charge >= 0.3 is 0 Å². The van der Waals surface area contributed by atoms with Crippen molar-refractivity contribution < 1.29 is 0 Å². The molecule has 0 unspecified atom stereocenters. The summed E-state index contributed by atoms with van der Waals surface area (Å²) in [6.45, 7) is 4.49. The van der Waals surface area contributed by atoms with E-state index in [1.54, 1.807) is 0 Å². The molecule has 0 bridgehead atoms.